The molecule has 0 bridgehead atoms. The topological polar surface area (TPSA) is 116 Å². The summed E-state index contributed by atoms with van der Waals surface area (Å²) in [7, 11) is 0. The van der Waals surface area contributed by atoms with Crippen LogP contribution < -0.4 is 21.3 Å². The Labute approximate surface area is 154 Å². The van der Waals surface area contributed by atoms with E-state index in [2.05, 4.69) is 21.3 Å². The van der Waals surface area contributed by atoms with Gasteiger partial charge in [0.15, 0.2) is 5.41 Å². The van der Waals surface area contributed by atoms with Crippen LogP contribution in [0.2, 0.25) is 0 Å². The van der Waals surface area contributed by atoms with Crippen molar-refractivity contribution in [3.63, 3.8) is 0 Å². The molecule has 2 fully saturated rings. The van der Waals surface area contributed by atoms with E-state index < -0.39 is 41.4 Å². The zero-order valence-corrected chi connectivity index (χ0v) is 14.1. The first-order chi connectivity index (χ1) is 13.0. The van der Waals surface area contributed by atoms with Gasteiger partial charge in [-0.3, -0.25) is 20.2 Å². The lowest BCUT2D eigenvalue weighted by molar-refractivity contribution is -0.150. The second kappa shape index (κ2) is 6.24. The average Bonchev–Trinajstić information content (AvgIpc) is 2.67. The Kier molecular flexibility index (Phi) is 3.88. The lowest BCUT2D eigenvalue weighted by Gasteiger charge is -2.48. The lowest BCUT2D eigenvalue weighted by atomic mass is 9.65. The lowest BCUT2D eigenvalue weighted by Crippen LogP contribution is -2.73. The molecule has 2 aromatic carbocycles. The third kappa shape index (κ3) is 2.53. The third-order valence-electron chi connectivity index (χ3n) is 4.93. The maximum absolute atomic E-state index is 13.1. The molecule has 2 aliphatic rings. The van der Waals surface area contributed by atoms with Crippen molar-refractivity contribution in [2.45, 2.75) is 12.1 Å². The van der Waals surface area contributed by atoms with Crippen molar-refractivity contribution < 1.29 is 19.2 Å². The summed E-state index contributed by atoms with van der Waals surface area (Å²) in [5.74, 6) is -1.54. The van der Waals surface area contributed by atoms with Crippen LogP contribution >= 0.6 is 0 Å². The van der Waals surface area contributed by atoms with Crippen LogP contribution in [-0.4, -0.2) is 23.9 Å². The van der Waals surface area contributed by atoms with Crippen LogP contribution in [0.1, 0.15) is 23.2 Å². The van der Waals surface area contributed by atoms with Crippen LogP contribution in [-0.2, 0) is 9.59 Å². The summed E-state index contributed by atoms with van der Waals surface area (Å²) in [6.45, 7) is 0. The smallest absolute Gasteiger partial charge is 0.328 e. The molecule has 0 aliphatic carbocycles. The largest absolute Gasteiger partial charge is 0.330 e. The van der Waals surface area contributed by atoms with Gasteiger partial charge in [-0.15, -0.1) is 0 Å². The van der Waals surface area contributed by atoms with E-state index in [-0.39, 0.29) is 0 Å². The highest BCUT2D eigenvalue weighted by Crippen LogP contribution is 2.48. The van der Waals surface area contributed by atoms with E-state index in [9.17, 15) is 19.2 Å². The van der Waals surface area contributed by atoms with Gasteiger partial charge >= 0.3 is 12.1 Å². The molecule has 6 amide bonds. The molecule has 2 unspecified atom stereocenters. The molecule has 0 radical (unpaired) electrons. The Morgan fingerprint density at radius 2 is 1.00 bits per heavy atom. The fourth-order valence-corrected chi connectivity index (χ4v) is 3.75. The molecule has 0 aromatic heterocycles. The van der Waals surface area contributed by atoms with Crippen molar-refractivity contribution in [3.05, 3.63) is 71.8 Å². The summed E-state index contributed by atoms with van der Waals surface area (Å²) in [4.78, 5) is 50.2. The van der Waals surface area contributed by atoms with E-state index in [0.29, 0.717) is 11.1 Å². The molecule has 4 rings (SSSR count). The van der Waals surface area contributed by atoms with Crippen LogP contribution in [0.25, 0.3) is 0 Å². The zero-order chi connectivity index (χ0) is 19.0. The standard InChI is InChI=1S/C19H16N4O4/c24-15-19(16(25)23-18(27)22-15)13(11-7-3-1-4-8-11)20-17(26)21-14(19)12-9-5-2-6-10-12/h1-10,13-14H,(H2,20,21,26)(H2,22,23,24,25,27). The molecular weight excluding hydrogens is 348 g/mol. The Hall–Kier alpha value is -3.68. The molecule has 1 spiro atoms. The van der Waals surface area contributed by atoms with E-state index in [1.807, 2.05) is 0 Å². The second-order valence-electron chi connectivity index (χ2n) is 6.41. The van der Waals surface area contributed by atoms with Gasteiger partial charge in [0.2, 0.25) is 11.8 Å². The minimum absolute atomic E-state index is 0.513. The third-order valence-corrected chi connectivity index (χ3v) is 4.93. The first-order valence-electron chi connectivity index (χ1n) is 8.37. The summed E-state index contributed by atoms with van der Waals surface area (Å²) >= 11 is 0. The summed E-state index contributed by atoms with van der Waals surface area (Å²) in [5.41, 5.74) is -0.634. The van der Waals surface area contributed by atoms with Gasteiger partial charge in [-0.05, 0) is 11.1 Å². The highest BCUT2D eigenvalue weighted by Gasteiger charge is 2.64. The van der Waals surface area contributed by atoms with Crippen LogP contribution in [0, 0.1) is 5.41 Å². The van der Waals surface area contributed by atoms with Crippen molar-refractivity contribution in [1.82, 2.24) is 21.3 Å². The minimum Gasteiger partial charge on any atom is -0.330 e. The molecule has 2 atom stereocenters. The number of carbonyl (C=O) groups is 4. The monoisotopic (exact) mass is 364 g/mol. The maximum atomic E-state index is 13.1. The normalized spacial score (nSPS) is 23.9. The zero-order valence-electron chi connectivity index (χ0n) is 14.1. The number of hydrogen-bond acceptors (Lipinski definition) is 4. The highest BCUT2D eigenvalue weighted by molar-refractivity contribution is 6.21. The maximum Gasteiger partial charge on any atom is 0.328 e. The van der Waals surface area contributed by atoms with E-state index in [0.717, 1.165) is 0 Å². The van der Waals surface area contributed by atoms with Crippen molar-refractivity contribution in [2.75, 3.05) is 0 Å². The number of urea groups is 2. The first kappa shape index (κ1) is 16.8. The fraction of sp³-hybridized carbons (Fsp3) is 0.158. The average molecular weight is 364 g/mol. The number of nitrogens with one attached hydrogen (secondary N) is 4. The number of benzene rings is 2. The number of carbonyl (C=O) groups excluding carboxylic acids is 4. The number of amides is 6. The van der Waals surface area contributed by atoms with E-state index >= 15 is 0 Å². The molecular formula is C19H16N4O4. The molecule has 2 aliphatic heterocycles. The minimum atomic E-state index is -1.79. The van der Waals surface area contributed by atoms with Gasteiger partial charge < -0.3 is 10.6 Å². The quantitative estimate of drug-likeness (QED) is 0.598. The molecule has 136 valence electrons. The Balaban J connectivity index is 1.95. The van der Waals surface area contributed by atoms with Gasteiger partial charge in [0.25, 0.3) is 0 Å². The molecule has 2 aromatic rings. The molecule has 2 heterocycles. The Morgan fingerprint density at radius 1 is 0.593 bits per heavy atom. The van der Waals surface area contributed by atoms with Gasteiger partial charge in [-0.1, -0.05) is 60.7 Å². The van der Waals surface area contributed by atoms with Crippen LogP contribution in [0.3, 0.4) is 0 Å². The molecule has 27 heavy (non-hydrogen) atoms. The van der Waals surface area contributed by atoms with Crippen molar-refractivity contribution in [1.29, 1.82) is 0 Å². The van der Waals surface area contributed by atoms with E-state index in [1.54, 1.807) is 60.7 Å². The van der Waals surface area contributed by atoms with E-state index in [1.165, 1.54) is 0 Å². The van der Waals surface area contributed by atoms with Crippen LogP contribution in [0.4, 0.5) is 9.59 Å². The van der Waals surface area contributed by atoms with Crippen molar-refractivity contribution in [3.8, 4) is 0 Å². The number of rotatable bonds is 2. The number of barbiturate groups is 1. The van der Waals surface area contributed by atoms with Gasteiger partial charge in [0.1, 0.15) is 0 Å². The predicted molar refractivity (Wildman–Crippen MR) is 94.1 cm³/mol. The van der Waals surface area contributed by atoms with Gasteiger partial charge in [0.05, 0.1) is 12.1 Å². The number of hydrogen-bond donors (Lipinski definition) is 4. The van der Waals surface area contributed by atoms with Gasteiger partial charge in [-0.25, -0.2) is 9.59 Å². The van der Waals surface area contributed by atoms with E-state index in [4.69, 9.17) is 0 Å². The van der Waals surface area contributed by atoms with Gasteiger partial charge in [-0.2, -0.15) is 0 Å². The summed E-state index contributed by atoms with van der Waals surface area (Å²) in [5, 5.41) is 9.74. The highest BCUT2D eigenvalue weighted by atomic mass is 16.2. The summed E-state index contributed by atoms with van der Waals surface area (Å²) in [6, 6.07) is 14.1. The summed E-state index contributed by atoms with van der Waals surface area (Å²) in [6.07, 6.45) is 0. The van der Waals surface area contributed by atoms with Crippen molar-refractivity contribution in [2.24, 2.45) is 5.41 Å². The fourth-order valence-electron chi connectivity index (χ4n) is 3.75. The SMILES string of the molecule is O=C1NC(=O)C2(C(=O)N1)C(c1ccccc1)NC(=O)NC2c1ccccc1. The second-order valence-corrected chi connectivity index (χ2v) is 6.41. The predicted octanol–water partition coefficient (Wildman–Crippen LogP) is 1.13. The molecule has 0 saturated carbocycles. The van der Waals surface area contributed by atoms with Crippen molar-refractivity contribution >= 4 is 23.9 Å². The molecule has 8 heteroatoms. The van der Waals surface area contributed by atoms with Gasteiger partial charge in [0, 0.05) is 0 Å². The molecule has 8 nitrogen and oxygen atoms in total. The Morgan fingerprint density at radius 3 is 1.41 bits per heavy atom. The number of imide groups is 2. The van der Waals surface area contributed by atoms with Crippen LogP contribution in [0.5, 0.6) is 0 Å². The Bertz CT molecular complexity index is 856. The van der Waals surface area contributed by atoms with Crippen LogP contribution in [0.15, 0.2) is 60.7 Å². The molecule has 2 saturated heterocycles. The molecule has 4 N–H and O–H groups in total. The first-order valence-corrected chi connectivity index (χ1v) is 8.37. The summed E-state index contributed by atoms with van der Waals surface area (Å²) < 4.78 is 0.